The normalized spacial score (nSPS) is 52.6. The first kappa shape index (κ1) is 43.5. The third-order valence-electron chi connectivity index (χ3n) is 17.2. The van der Waals surface area contributed by atoms with E-state index in [4.69, 9.17) is 18.9 Å². The standard InChI is InChI=1S/C42H62O16/c1-37(2)21-8-11-42(7)31(20(43)16-18-19-17-39(4,36(53)54)13-12-38(19,3)14-15-41(18,42)6)40(21,5)10-9-22(37)55-35-30(26(47)25(46)29(57-35)33(51)52)58-34-27(48)23(44)24(45)28(56-34)32(49)50/h16,19,21-31,34-35,44-48H,8-15,17H2,1-7H3,(H,49,50)(H,51,52)(H,53,54)/t19-,21?,22-,23-,24-,25-,26-,27+,28-,29-,30+,31?,34-,35-,38+,39-,40-,41+,42+/m0/s1. The van der Waals surface area contributed by atoms with Gasteiger partial charge in [-0.15, -0.1) is 0 Å². The Morgan fingerprint density at radius 2 is 1.28 bits per heavy atom. The van der Waals surface area contributed by atoms with Crippen LogP contribution in [0.5, 0.6) is 0 Å². The van der Waals surface area contributed by atoms with Crippen LogP contribution in [0.15, 0.2) is 11.6 Å². The summed E-state index contributed by atoms with van der Waals surface area (Å²) < 4.78 is 23.4. The summed E-state index contributed by atoms with van der Waals surface area (Å²) in [7, 11) is 0. The van der Waals surface area contributed by atoms with E-state index < -0.39 is 107 Å². The molecule has 2 heterocycles. The lowest BCUT2D eigenvalue weighted by molar-refractivity contribution is -0.371. The minimum atomic E-state index is -2.05. The van der Waals surface area contributed by atoms with Crippen LogP contribution in [0.1, 0.15) is 106 Å². The molecule has 0 aromatic heterocycles. The summed E-state index contributed by atoms with van der Waals surface area (Å²) in [5.41, 5.74) is -1.81. The first-order valence-corrected chi connectivity index (χ1v) is 20.7. The van der Waals surface area contributed by atoms with E-state index in [0.717, 1.165) is 37.7 Å². The number of ketones is 1. The molecule has 0 aromatic rings. The molecule has 0 amide bonds. The van der Waals surface area contributed by atoms with Crippen molar-refractivity contribution in [1.82, 2.24) is 0 Å². The summed E-state index contributed by atoms with van der Waals surface area (Å²) in [6.45, 7) is 14.8. The van der Waals surface area contributed by atoms with Crippen molar-refractivity contribution in [3.63, 3.8) is 0 Å². The molecule has 8 N–H and O–H groups in total. The van der Waals surface area contributed by atoms with Gasteiger partial charge in [0.15, 0.2) is 30.6 Å². The van der Waals surface area contributed by atoms with Crippen LogP contribution in [-0.4, -0.2) is 132 Å². The number of carboxylic acids is 3. The van der Waals surface area contributed by atoms with Gasteiger partial charge in [0.1, 0.15) is 36.6 Å². The second kappa shape index (κ2) is 14.3. The van der Waals surface area contributed by atoms with Crippen molar-refractivity contribution < 1.29 is 79.0 Å². The SMILES string of the molecule is CC1(C)C2CC[C@]3(C)C(C(=O)C=C4[C@@H]5C[C@@](C)(C(=O)O)CC[C@]5(C)CC[C@]43C)[C@@]2(C)CC[C@@H]1O[C@H]1O[C@H](C(=O)O)[C@@H](O)[C@H](O)[C@H]1O[C@@H]1O[C@H](C(=O)O)[C@@H](O)[C@H](O)[C@H]1O. The molecule has 0 bridgehead atoms. The maximum Gasteiger partial charge on any atom is 0.335 e. The molecule has 0 aromatic carbocycles. The molecule has 2 unspecified atom stereocenters. The Labute approximate surface area is 337 Å². The minimum Gasteiger partial charge on any atom is -0.481 e. The highest BCUT2D eigenvalue weighted by atomic mass is 16.8. The van der Waals surface area contributed by atoms with E-state index in [0.29, 0.717) is 25.7 Å². The third-order valence-corrected chi connectivity index (χ3v) is 17.2. The Kier molecular flexibility index (Phi) is 10.7. The second-order valence-corrected chi connectivity index (χ2v) is 20.6. The smallest absolute Gasteiger partial charge is 0.335 e. The fourth-order valence-corrected chi connectivity index (χ4v) is 13.4. The zero-order valence-electron chi connectivity index (χ0n) is 34.4. The Hall–Kier alpha value is -2.54. The van der Waals surface area contributed by atoms with Crippen molar-refractivity contribution in [3.05, 3.63) is 11.6 Å². The molecule has 6 fully saturated rings. The van der Waals surface area contributed by atoms with E-state index in [2.05, 4.69) is 27.7 Å². The van der Waals surface area contributed by atoms with Crippen LogP contribution in [0.4, 0.5) is 0 Å². The van der Waals surface area contributed by atoms with Crippen LogP contribution < -0.4 is 0 Å². The van der Waals surface area contributed by atoms with Gasteiger partial charge in [0.05, 0.1) is 11.5 Å². The Morgan fingerprint density at radius 3 is 1.88 bits per heavy atom. The summed E-state index contributed by atoms with van der Waals surface area (Å²) >= 11 is 0. The Balaban J connectivity index is 1.17. The van der Waals surface area contributed by atoms with Crippen LogP contribution >= 0.6 is 0 Å². The number of hydrogen-bond acceptors (Lipinski definition) is 13. The number of ether oxygens (including phenoxy) is 4. The summed E-state index contributed by atoms with van der Waals surface area (Å²) in [6.07, 6.45) is -12.2. The van der Waals surface area contributed by atoms with Crippen LogP contribution in [0.2, 0.25) is 0 Å². The van der Waals surface area contributed by atoms with Crippen LogP contribution in [0.25, 0.3) is 0 Å². The molecule has 16 nitrogen and oxygen atoms in total. The number of carbonyl (C=O) groups is 4. The van der Waals surface area contributed by atoms with E-state index in [1.165, 1.54) is 0 Å². The molecule has 5 aliphatic carbocycles. The lowest BCUT2D eigenvalue weighted by atomic mass is 9.33. The Morgan fingerprint density at radius 1 is 0.690 bits per heavy atom. The average molecular weight is 823 g/mol. The fraction of sp³-hybridized carbons (Fsp3) is 0.857. The topological polar surface area (TPSA) is 267 Å². The molecule has 7 rings (SSSR count). The fourth-order valence-electron chi connectivity index (χ4n) is 13.4. The van der Waals surface area contributed by atoms with Gasteiger partial charge in [-0.3, -0.25) is 9.59 Å². The Bertz CT molecular complexity index is 1730. The molecule has 326 valence electrons. The summed E-state index contributed by atoms with van der Waals surface area (Å²) in [5, 5.41) is 83.0. The van der Waals surface area contributed by atoms with Gasteiger partial charge >= 0.3 is 17.9 Å². The van der Waals surface area contributed by atoms with Gasteiger partial charge in [-0.05, 0) is 110 Å². The van der Waals surface area contributed by atoms with Gasteiger partial charge in [0.25, 0.3) is 0 Å². The van der Waals surface area contributed by atoms with E-state index >= 15 is 0 Å². The first-order chi connectivity index (χ1) is 26.8. The summed E-state index contributed by atoms with van der Waals surface area (Å²) in [6, 6.07) is 0. The molecule has 0 radical (unpaired) electrons. The first-order valence-electron chi connectivity index (χ1n) is 20.7. The number of carbonyl (C=O) groups excluding carboxylic acids is 1. The molecule has 2 aliphatic heterocycles. The highest BCUT2D eigenvalue weighted by Gasteiger charge is 2.71. The molecular weight excluding hydrogens is 760 g/mol. The van der Waals surface area contributed by atoms with Gasteiger partial charge in [0.2, 0.25) is 0 Å². The largest absolute Gasteiger partial charge is 0.481 e. The van der Waals surface area contributed by atoms with E-state index in [1.54, 1.807) is 0 Å². The molecule has 19 atom stereocenters. The van der Waals surface area contributed by atoms with Crippen molar-refractivity contribution in [1.29, 1.82) is 0 Å². The monoisotopic (exact) mass is 822 g/mol. The maximum atomic E-state index is 14.8. The van der Waals surface area contributed by atoms with Gasteiger partial charge in [-0.25, -0.2) is 9.59 Å². The minimum absolute atomic E-state index is 0.0217. The predicted octanol–water partition coefficient (Wildman–Crippen LogP) is 2.25. The zero-order chi connectivity index (χ0) is 42.9. The number of hydrogen-bond donors (Lipinski definition) is 8. The van der Waals surface area contributed by atoms with Gasteiger partial charge < -0.3 is 59.8 Å². The average Bonchev–Trinajstić information content (AvgIpc) is 3.13. The van der Waals surface area contributed by atoms with Gasteiger partial charge in [-0.1, -0.05) is 47.1 Å². The maximum absolute atomic E-state index is 14.8. The van der Waals surface area contributed by atoms with Crippen molar-refractivity contribution in [2.24, 2.45) is 50.2 Å². The number of allylic oxidation sites excluding steroid dienone is 2. The van der Waals surface area contributed by atoms with Crippen molar-refractivity contribution in [2.75, 3.05) is 0 Å². The van der Waals surface area contributed by atoms with E-state index in [1.807, 2.05) is 26.8 Å². The highest BCUT2D eigenvalue weighted by Crippen LogP contribution is 2.75. The van der Waals surface area contributed by atoms with Crippen LogP contribution in [0.3, 0.4) is 0 Å². The lowest BCUT2D eigenvalue weighted by Crippen LogP contribution is -2.68. The number of aliphatic carboxylic acids is 3. The molecule has 16 heteroatoms. The van der Waals surface area contributed by atoms with Crippen molar-refractivity contribution in [2.45, 2.75) is 174 Å². The molecule has 7 aliphatic rings. The third kappa shape index (κ3) is 6.25. The van der Waals surface area contributed by atoms with Crippen molar-refractivity contribution >= 4 is 23.7 Å². The number of aliphatic hydroxyl groups excluding tert-OH is 5. The number of fused-ring (bicyclic) bond motifs is 7. The lowest BCUT2D eigenvalue weighted by Gasteiger charge is -2.70. The second-order valence-electron chi connectivity index (χ2n) is 20.6. The summed E-state index contributed by atoms with van der Waals surface area (Å²) in [5.74, 6) is -4.47. The number of carboxylic acid groups (broad SMARTS) is 3. The molecular formula is C42H62O16. The van der Waals surface area contributed by atoms with E-state index in [-0.39, 0.29) is 34.4 Å². The van der Waals surface area contributed by atoms with Crippen LogP contribution in [0, 0.1) is 50.2 Å². The highest BCUT2D eigenvalue weighted by molar-refractivity contribution is 5.95. The van der Waals surface area contributed by atoms with E-state index in [9.17, 15) is 60.0 Å². The predicted molar refractivity (Wildman–Crippen MR) is 199 cm³/mol. The van der Waals surface area contributed by atoms with Crippen molar-refractivity contribution in [3.8, 4) is 0 Å². The molecule has 58 heavy (non-hydrogen) atoms. The zero-order valence-corrected chi connectivity index (χ0v) is 34.4. The summed E-state index contributed by atoms with van der Waals surface area (Å²) in [4.78, 5) is 51.3. The van der Waals surface area contributed by atoms with Gasteiger partial charge in [0, 0.05) is 5.92 Å². The van der Waals surface area contributed by atoms with Gasteiger partial charge in [-0.2, -0.15) is 0 Å². The molecule has 4 saturated carbocycles. The molecule has 2 saturated heterocycles. The number of rotatable bonds is 7. The van der Waals surface area contributed by atoms with Crippen LogP contribution in [-0.2, 0) is 38.1 Å². The number of aliphatic hydroxyl groups is 5. The quantitative estimate of drug-likeness (QED) is 0.171. The molecule has 0 spiro atoms.